The third-order valence-corrected chi connectivity index (χ3v) is 4.96. The summed E-state index contributed by atoms with van der Waals surface area (Å²) in [6.45, 7) is 2.57. The molecular formula is C15H22N2O4S. The molecule has 1 aliphatic rings. The Balaban J connectivity index is 2.25. The van der Waals surface area contributed by atoms with Crippen LogP contribution in [0.25, 0.3) is 0 Å². The number of sulfonamides is 1. The molecule has 0 spiro atoms. The molecule has 0 unspecified atom stereocenters. The number of anilines is 2. The van der Waals surface area contributed by atoms with Crippen LogP contribution in [0.2, 0.25) is 0 Å². The maximum absolute atomic E-state index is 12.0. The second kappa shape index (κ2) is 7.00. The van der Waals surface area contributed by atoms with E-state index in [1.54, 1.807) is 23.1 Å². The van der Waals surface area contributed by atoms with Crippen molar-refractivity contribution in [3.8, 4) is 5.75 Å². The molecule has 1 saturated heterocycles. The normalized spacial score (nSPS) is 15.2. The molecule has 22 heavy (non-hydrogen) atoms. The number of hydrogen-bond donors (Lipinski definition) is 1. The summed E-state index contributed by atoms with van der Waals surface area (Å²) in [7, 11) is -1.83. The van der Waals surface area contributed by atoms with Gasteiger partial charge in [-0.1, -0.05) is 13.3 Å². The molecule has 6 nitrogen and oxygen atoms in total. The number of hydrogen-bond acceptors (Lipinski definition) is 4. The standard InChI is InChI=1S/C15H22N2O4S/c1-3-4-10-22(19,20)16-12-7-8-14(21-2)13(11-12)17-9-5-6-15(17)18/h7-8,11,16H,3-6,9-10H2,1-2H3. The molecule has 0 aliphatic carbocycles. The lowest BCUT2D eigenvalue weighted by Gasteiger charge is -2.20. The van der Waals surface area contributed by atoms with E-state index in [4.69, 9.17) is 4.74 Å². The van der Waals surface area contributed by atoms with Crippen LogP contribution in [-0.2, 0) is 14.8 Å². The van der Waals surface area contributed by atoms with Crippen LogP contribution in [0, 0.1) is 0 Å². The van der Waals surface area contributed by atoms with E-state index in [9.17, 15) is 13.2 Å². The highest BCUT2D eigenvalue weighted by atomic mass is 32.2. The molecule has 0 atom stereocenters. The molecular weight excluding hydrogens is 304 g/mol. The zero-order valence-corrected chi connectivity index (χ0v) is 13.8. The predicted molar refractivity (Wildman–Crippen MR) is 86.9 cm³/mol. The van der Waals surface area contributed by atoms with Crippen molar-refractivity contribution in [2.75, 3.05) is 29.0 Å². The first-order valence-corrected chi connectivity index (χ1v) is 9.11. The van der Waals surface area contributed by atoms with Gasteiger partial charge in [0.05, 0.1) is 24.2 Å². The van der Waals surface area contributed by atoms with E-state index in [-0.39, 0.29) is 11.7 Å². The molecule has 0 bridgehead atoms. The van der Waals surface area contributed by atoms with Gasteiger partial charge in [-0.15, -0.1) is 0 Å². The quantitative estimate of drug-likeness (QED) is 0.834. The maximum Gasteiger partial charge on any atom is 0.232 e. The highest BCUT2D eigenvalue weighted by molar-refractivity contribution is 7.92. The summed E-state index contributed by atoms with van der Waals surface area (Å²) in [6.07, 6.45) is 2.74. The zero-order chi connectivity index (χ0) is 16.2. The minimum absolute atomic E-state index is 0.0318. The number of rotatable bonds is 7. The van der Waals surface area contributed by atoms with Crippen molar-refractivity contribution in [1.82, 2.24) is 0 Å². The second-order valence-electron chi connectivity index (χ2n) is 5.31. The molecule has 1 aliphatic heterocycles. The van der Waals surface area contributed by atoms with E-state index in [2.05, 4.69) is 4.72 Å². The maximum atomic E-state index is 12.0. The Hall–Kier alpha value is -1.76. The van der Waals surface area contributed by atoms with Gasteiger partial charge in [-0.2, -0.15) is 0 Å². The van der Waals surface area contributed by atoms with Gasteiger partial charge in [0.25, 0.3) is 0 Å². The highest BCUT2D eigenvalue weighted by Crippen LogP contribution is 2.34. The fourth-order valence-electron chi connectivity index (χ4n) is 2.43. The molecule has 1 N–H and O–H groups in total. The number of carbonyl (C=O) groups is 1. The van der Waals surface area contributed by atoms with Crippen molar-refractivity contribution < 1.29 is 17.9 Å². The fourth-order valence-corrected chi connectivity index (χ4v) is 3.69. The van der Waals surface area contributed by atoms with Gasteiger partial charge in [0.1, 0.15) is 5.75 Å². The number of methoxy groups -OCH3 is 1. The van der Waals surface area contributed by atoms with Crippen LogP contribution in [-0.4, -0.2) is 33.7 Å². The molecule has 1 heterocycles. The van der Waals surface area contributed by atoms with Gasteiger partial charge in [-0.25, -0.2) is 8.42 Å². The van der Waals surface area contributed by atoms with Crippen LogP contribution in [0.5, 0.6) is 5.75 Å². The first kappa shape index (κ1) is 16.6. The van der Waals surface area contributed by atoms with Gasteiger partial charge >= 0.3 is 0 Å². The summed E-state index contributed by atoms with van der Waals surface area (Å²) in [6, 6.07) is 4.98. The zero-order valence-electron chi connectivity index (χ0n) is 13.0. The van der Waals surface area contributed by atoms with E-state index in [1.165, 1.54) is 7.11 Å². The molecule has 1 amide bonds. The Morgan fingerprint density at radius 1 is 1.36 bits per heavy atom. The third kappa shape index (κ3) is 3.91. The Morgan fingerprint density at radius 3 is 2.73 bits per heavy atom. The molecule has 122 valence electrons. The first-order chi connectivity index (χ1) is 10.5. The number of amides is 1. The fraction of sp³-hybridized carbons (Fsp3) is 0.533. The summed E-state index contributed by atoms with van der Waals surface area (Å²) in [5.41, 5.74) is 1.06. The second-order valence-corrected chi connectivity index (χ2v) is 7.15. The molecule has 1 aromatic rings. The van der Waals surface area contributed by atoms with Crippen LogP contribution >= 0.6 is 0 Å². The Labute approximate surface area is 131 Å². The van der Waals surface area contributed by atoms with Crippen molar-refractivity contribution >= 4 is 27.3 Å². The summed E-state index contributed by atoms with van der Waals surface area (Å²) >= 11 is 0. The Morgan fingerprint density at radius 2 is 2.14 bits per heavy atom. The number of nitrogens with one attached hydrogen (secondary N) is 1. The van der Waals surface area contributed by atoms with E-state index >= 15 is 0 Å². The van der Waals surface area contributed by atoms with Crippen LogP contribution in [0.1, 0.15) is 32.6 Å². The van der Waals surface area contributed by atoms with Crippen LogP contribution in [0.3, 0.4) is 0 Å². The SMILES string of the molecule is CCCCS(=O)(=O)Nc1ccc(OC)c(N2CCCC2=O)c1. The van der Waals surface area contributed by atoms with Crippen molar-refractivity contribution in [3.05, 3.63) is 18.2 Å². The molecule has 1 aromatic carbocycles. The Bertz CT molecular complexity index is 643. The summed E-state index contributed by atoms with van der Waals surface area (Å²) < 4.78 is 31.8. The van der Waals surface area contributed by atoms with Crippen LogP contribution < -0.4 is 14.4 Å². The smallest absolute Gasteiger partial charge is 0.232 e. The lowest BCUT2D eigenvalue weighted by Crippen LogP contribution is -2.24. The highest BCUT2D eigenvalue weighted by Gasteiger charge is 2.25. The minimum atomic E-state index is -3.36. The van der Waals surface area contributed by atoms with Crippen molar-refractivity contribution in [1.29, 1.82) is 0 Å². The van der Waals surface area contributed by atoms with E-state index in [0.29, 0.717) is 36.5 Å². The van der Waals surface area contributed by atoms with Gasteiger partial charge < -0.3 is 9.64 Å². The number of unbranched alkanes of at least 4 members (excludes halogenated alkanes) is 1. The number of benzene rings is 1. The molecule has 0 saturated carbocycles. The van der Waals surface area contributed by atoms with E-state index in [0.717, 1.165) is 12.8 Å². The summed E-state index contributed by atoms with van der Waals surface area (Å²) in [5, 5.41) is 0. The molecule has 1 fully saturated rings. The molecule has 2 rings (SSSR count). The van der Waals surface area contributed by atoms with Gasteiger partial charge in [-0.05, 0) is 31.0 Å². The first-order valence-electron chi connectivity index (χ1n) is 7.45. The Kier molecular flexibility index (Phi) is 5.28. The predicted octanol–water partition coefficient (Wildman–Crippen LogP) is 2.36. The number of carbonyl (C=O) groups excluding carboxylic acids is 1. The van der Waals surface area contributed by atoms with Crippen LogP contribution in [0.4, 0.5) is 11.4 Å². The third-order valence-electron chi connectivity index (χ3n) is 3.58. The van der Waals surface area contributed by atoms with Crippen molar-refractivity contribution in [3.63, 3.8) is 0 Å². The van der Waals surface area contributed by atoms with Gasteiger partial charge in [0, 0.05) is 13.0 Å². The largest absolute Gasteiger partial charge is 0.495 e. The van der Waals surface area contributed by atoms with E-state index < -0.39 is 10.0 Å². The summed E-state index contributed by atoms with van der Waals surface area (Å²) in [4.78, 5) is 13.6. The monoisotopic (exact) mass is 326 g/mol. The number of ether oxygens (including phenoxy) is 1. The minimum Gasteiger partial charge on any atom is -0.495 e. The lowest BCUT2D eigenvalue weighted by atomic mass is 10.2. The summed E-state index contributed by atoms with van der Waals surface area (Å²) in [5.74, 6) is 0.684. The van der Waals surface area contributed by atoms with Crippen molar-refractivity contribution in [2.24, 2.45) is 0 Å². The lowest BCUT2D eigenvalue weighted by molar-refractivity contribution is -0.117. The molecule has 0 radical (unpaired) electrons. The topological polar surface area (TPSA) is 75.7 Å². The molecule has 0 aromatic heterocycles. The average Bonchev–Trinajstić information content (AvgIpc) is 2.91. The van der Waals surface area contributed by atoms with Gasteiger partial charge in [-0.3, -0.25) is 9.52 Å². The van der Waals surface area contributed by atoms with Crippen LogP contribution in [0.15, 0.2) is 18.2 Å². The van der Waals surface area contributed by atoms with Gasteiger partial charge in [0.2, 0.25) is 15.9 Å². The number of nitrogens with zero attached hydrogens (tertiary/aromatic N) is 1. The van der Waals surface area contributed by atoms with E-state index in [1.807, 2.05) is 6.92 Å². The average molecular weight is 326 g/mol. The van der Waals surface area contributed by atoms with Gasteiger partial charge in [0.15, 0.2) is 0 Å². The van der Waals surface area contributed by atoms with Crippen molar-refractivity contribution in [2.45, 2.75) is 32.6 Å². The molecule has 7 heteroatoms.